The molecule has 1 aliphatic carbocycles. The number of nitrogens with two attached hydrogens (primary N) is 1. The molecular weight excluding hydrogens is 457 g/mol. The highest BCUT2D eigenvalue weighted by Gasteiger charge is 2.55. The number of halogens is 2. The molecule has 11 heteroatoms. The summed E-state index contributed by atoms with van der Waals surface area (Å²) in [5.74, 6) is -1.54. The maximum absolute atomic E-state index is 13.0. The van der Waals surface area contributed by atoms with Crippen molar-refractivity contribution in [2.24, 2.45) is 11.7 Å². The number of hydrogen-bond acceptors (Lipinski definition) is 6. The SMILES string of the molecule is CO[C@@H]1CCN(C(=O)CNc2ccccc2C(=N)C(N)=O)[C@@H]1C(=O)N[C@H](C)[C@H]1CC1(Cl)Cl. The quantitative estimate of drug-likeness (QED) is 0.309. The molecule has 0 radical (unpaired) electrons. The van der Waals surface area contributed by atoms with Gasteiger partial charge in [0.2, 0.25) is 11.8 Å². The largest absolute Gasteiger partial charge is 0.379 e. The Morgan fingerprint density at radius 2 is 2.00 bits per heavy atom. The highest BCUT2D eigenvalue weighted by Crippen LogP contribution is 2.54. The van der Waals surface area contributed by atoms with Crippen LogP contribution in [0.15, 0.2) is 24.3 Å². The molecule has 1 saturated carbocycles. The smallest absolute Gasteiger partial charge is 0.267 e. The van der Waals surface area contributed by atoms with Gasteiger partial charge in [-0.25, -0.2) is 0 Å². The van der Waals surface area contributed by atoms with Crippen molar-refractivity contribution in [3.8, 4) is 0 Å². The summed E-state index contributed by atoms with van der Waals surface area (Å²) in [6.07, 6.45) is 0.690. The summed E-state index contributed by atoms with van der Waals surface area (Å²) < 4.78 is 4.63. The van der Waals surface area contributed by atoms with Crippen molar-refractivity contribution in [3.05, 3.63) is 29.8 Å². The molecule has 9 nitrogen and oxygen atoms in total. The molecule has 0 bridgehead atoms. The molecule has 0 unspecified atom stereocenters. The summed E-state index contributed by atoms with van der Waals surface area (Å²) in [6, 6.07) is 5.58. The summed E-state index contributed by atoms with van der Waals surface area (Å²) in [6.45, 7) is 2.07. The van der Waals surface area contributed by atoms with Crippen molar-refractivity contribution in [2.45, 2.75) is 42.3 Å². The van der Waals surface area contributed by atoms with Crippen LogP contribution >= 0.6 is 23.2 Å². The number of carbonyl (C=O) groups excluding carboxylic acids is 3. The van der Waals surface area contributed by atoms with E-state index in [0.717, 1.165) is 0 Å². The molecule has 2 aliphatic rings. The van der Waals surface area contributed by atoms with Gasteiger partial charge < -0.3 is 26.0 Å². The summed E-state index contributed by atoms with van der Waals surface area (Å²) >= 11 is 12.2. The zero-order valence-corrected chi connectivity index (χ0v) is 19.4. The average molecular weight is 484 g/mol. The predicted octanol–water partition coefficient (Wildman–Crippen LogP) is 1.27. The minimum atomic E-state index is -0.868. The monoisotopic (exact) mass is 483 g/mol. The average Bonchev–Trinajstić information content (AvgIpc) is 3.20. The second-order valence-corrected chi connectivity index (χ2v) is 9.64. The lowest BCUT2D eigenvalue weighted by molar-refractivity contribution is -0.140. The number of likely N-dealkylation sites (tertiary alicyclic amines) is 1. The van der Waals surface area contributed by atoms with E-state index in [0.29, 0.717) is 30.6 Å². The molecule has 2 fully saturated rings. The van der Waals surface area contributed by atoms with Gasteiger partial charge in [-0.2, -0.15) is 0 Å². The Balaban J connectivity index is 1.67. The van der Waals surface area contributed by atoms with E-state index in [9.17, 15) is 14.4 Å². The van der Waals surface area contributed by atoms with E-state index in [1.165, 1.54) is 12.0 Å². The van der Waals surface area contributed by atoms with E-state index < -0.39 is 22.4 Å². The fourth-order valence-corrected chi connectivity index (χ4v) is 4.76. The first-order valence-corrected chi connectivity index (χ1v) is 11.0. The Labute approximate surface area is 196 Å². The van der Waals surface area contributed by atoms with Crippen LogP contribution in [0, 0.1) is 11.3 Å². The first-order chi connectivity index (χ1) is 15.1. The molecule has 0 spiro atoms. The standard InChI is InChI=1S/C21H27Cl2N5O4/c1-11(13-9-21(13,22)23)27-20(31)18-15(32-2)7-8-28(18)16(29)10-26-14-6-4-3-5-12(14)17(24)19(25)30/h3-6,11,13,15,18,24,26H,7-10H2,1-2H3,(H2,25,30)(H,27,31)/t11-,13-,15-,18+/m1/s1. The van der Waals surface area contributed by atoms with Crippen molar-refractivity contribution < 1.29 is 19.1 Å². The molecular formula is C21H27Cl2N5O4. The number of amides is 3. The van der Waals surface area contributed by atoms with E-state index in [1.807, 2.05) is 6.92 Å². The molecule has 0 aromatic heterocycles. The molecule has 1 saturated heterocycles. The third-order valence-electron chi connectivity index (χ3n) is 5.95. The first-order valence-electron chi connectivity index (χ1n) is 10.3. The maximum Gasteiger partial charge on any atom is 0.267 e. The van der Waals surface area contributed by atoms with Crippen molar-refractivity contribution in [1.82, 2.24) is 10.2 Å². The summed E-state index contributed by atoms with van der Waals surface area (Å²) in [5.41, 5.74) is 5.58. The van der Waals surface area contributed by atoms with Gasteiger partial charge in [0.05, 0.1) is 12.6 Å². The maximum atomic E-state index is 13.0. The lowest BCUT2D eigenvalue weighted by Gasteiger charge is -2.28. The lowest BCUT2D eigenvalue weighted by atomic mass is 10.1. The zero-order chi connectivity index (χ0) is 23.6. The third kappa shape index (κ3) is 5.16. The van der Waals surface area contributed by atoms with Crippen molar-refractivity contribution in [2.75, 3.05) is 25.5 Å². The van der Waals surface area contributed by atoms with Gasteiger partial charge in [0, 0.05) is 36.9 Å². The van der Waals surface area contributed by atoms with Crippen LogP contribution in [-0.4, -0.2) is 71.1 Å². The van der Waals surface area contributed by atoms with Crippen LogP contribution in [0.1, 0.15) is 25.3 Å². The molecule has 1 aromatic carbocycles. The van der Waals surface area contributed by atoms with Gasteiger partial charge in [-0.15, -0.1) is 23.2 Å². The van der Waals surface area contributed by atoms with E-state index in [1.54, 1.807) is 24.3 Å². The Hall–Kier alpha value is -2.36. The van der Waals surface area contributed by atoms with Crippen molar-refractivity contribution in [1.29, 1.82) is 5.41 Å². The van der Waals surface area contributed by atoms with Gasteiger partial charge in [-0.05, 0) is 25.8 Å². The second kappa shape index (κ2) is 9.64. The molecule has 1 aliphatic heterocycles. The second-order valence-electron chi connectivity index (χ2n) is 8.10. The van der Waals surface area contributed by atoms with Gasteiger partial charge in [-0.3, -0.25) is 19.8 Å². The molecule has 5 N–H and O–H groups in total. The van der Waals surface area contributed by atoms with Gasteiger partial charge in [0.1, 0.15) is 16.1 Å². The topological polar surface area (TPSA) is 138 Å². The summed E-state index contributed by atoms with van der Waals surface area (Å²) in [5, 5.41) is 13.7. The van der Waals surface area contributed by atoms with E-state index in [4.69, 9.17) is 39.1 Å². The van der Waals surface area contributed by atoms with Crippen LogP contribution in [-0.2, 0) is 19.1 Å². The summed E-state index contributed by atoms with van der Waals surface area (Å²) in [4.78, 5) is 38.9. The normalized spacial score (nSPS) is 24.5. The molecule has 1 aromatic rings. The number of methoxy groups -OCH3 is 1. The number of ether oxygens (including phenoxy) is 1. The van der Waals surface area contributed by atoms with Crippen LogP contribution in [0.4, 0.5) is 5.69 Å². The van der Waals surface area contributed by atoms with Crippen molar-refractivity contribution >= 4 is 52.3 Å². The van der Waals surface area contributed by atoms with Crippen LogP contribution in [0.3, 0.4) is 0 Å². The van der Waals surface area contributed by atoms with Gasteiger partial charge in [0.15, 0.2) is 0 Å². The van der Waals surface area contributed by atoms with E-state index in [2.05, 4.69) is 10.6 Å². The number of rotatable bonds is 9. The Morgan fingerprint density at radius 3 is 2.59 bits per heavy atom. The minimum Gasteiger partial charge on any atom is -0.379 e. The van der Waals surface area contributed by atoms with Crippen LogP contribution < -0.4 is 16.4 Å². The number of nitrogens with zero attached hydrogens (tertiary/aromatic N) is 1. The van der Waals surface area contributed by atoms with Crippen molar-refractivity contribution in [3.63, 3.8) is 0 Å². The molecule has 3 amide bonds. The number of para-hydroxylation sites is 1. The number of benzene rings is 1. The molecule has 174 valence electrons. The highest BCUT2D eigenvalue weighted by atomic mass is 35.5. The minimum absolute atomic E-state index is 0.0416. The van der Waals surface area contributed by atoms with E-state index >= 15 is 0 Å². The van der Waals surface area contributed by atoms with Gasteiger partial charge >= 0.3 is 0 Å². The number of hydrogen-bond donors (Lipinski definition) is 4. The Bertz CT molecular complexity index is 925. The first kappa shape index (κ1) is 24.3. The number of alkyl halides is 2. The molecule has 1 heterocycles. The number of nitrogens with one attached hydrogen (secondary N) is 3. The fraction of sp³-hybridized carbons (Fsp3) is 0.524. The molecule has 32 heavy (non-hydrogen) atoms. The third-order valence-corrected chi connectivity index (χ3v) is 6.82. The van der Waals surface area contributed by atoms with Gasteiger partial charge in [-0.1, -0.05) is 18.2 Å². The van der Waals surface area contributed by atoms with E-state index in [-0.39, 0.29) is 36.0 Å². The fourth-order valence-electron chi connectivity index (χ4n) is 4.05. The van der Waals surface area contributed by atoms with Gasteiger partial charge in [0.25, 0.3) is 5.91 Å². The van der Waals surface area contributed by atoms with Crippen LogP contribution in [0.2, 0.25) is 0 Å². The molecule has 3 rings (SSSR count). The predicted molar refractivity (Wildman–Crippen MR) is 122 cm³/mol. The Kier molecular flexibility index (Phi) is 7.32. The zero-order valence-electron chi connectivity index (χ0n) is 17.9. The molecule has 4 atom stereocenters. The lowest BCUT2D eigenvalue weighted by Crippen LogP contribution is -2.53. The van der Waals surface area contributed by atoms with Crippen LogP contribution in [0.5, 0.6) is 0 Å². The number of primary amides is 1. The summed E-state index contributed by atoms with van der Waals surface area (Å²) in [7, 11) is 1.51. The van der Waals surface area contributed by atoms with Crippen LogP contribution in [0.25, 0.3) is 0 Å². The number of anilines is 1. The highest BCUT2D eigenvalue weighted by molar-refractivity contribution is 6.51. The number of carbonyl (C=O) groups is 3. The Morgan fingerprint density at radius 1 is 1.34 bits per heavy atom.